The van der Waals surface area contributed by atoms with Gasteiger partial charge in [0.25, 0.3) is 0 Å². The Hall–Kier alpha value is -1.42. The Morgan fingerprint density at radius 1 is 1.25 bits per heavy atom. The maximum absolute atomic E-state index is 12.7. The fraction of sp³-hybridized carbons (Fsp3) is 0.417. The molecule has 0 spiro atoms. The molecule has 0 radical (unpaired) electrons. The van der Waals surface area contributed by atoms with Gasteiger partial charge < -0.3 is 5.32 Å². The molecule has 0 aliphatic rings. The van der Waals surface area contributed by atoms with Crippen LogP contribution in [-0.4, -0.2) is 19.0 Å². The minimum atomic E-state index is -0.273. The summed E-state index contributed by atoms with van der Waals surface area (Å²) < 4.78 is 12.7. The van der Waals surface area contributed by atoms with Gasteiger partial charge in [-0.25, -0.2) is 4.39 Å². The lowest BCUT2D eigenvalue weighted by atomic mass is 10.1. The maximum Gasteiger partial charge on any atom is 0.236 e. The highest BCUT2D eigenvalue weighted by Crippen LogP contribution is 2.13. The van der Waals surface area contributed by atoms with Crippen molar-refractivity contribution >= 4 is 5.91 Å². The van der Waals surface area contributed by atoms with Gasteiger partial charge in [0.1, 0.15) is 5.82 Å². The summed E-state index contributed by atoms with van der Waals surface area (Å²) in [6.45, 7) is 3.73. The van der Waals surface area contributed by atoms with Crippen LogP contribution < -0.4 is 10.6 Å². The normalized spacial score (nSPS) is 14.2. The van der Waals surface area contributed by atoms with Crippen molar-refractivity contribution in [3.05, 3.63) is 35.6 Å². The van der Waals surface area contributed by atoms with E-state index in [0.717, 1.165) is 5.56 Å². The number of nitrogens with one attached hydrogen (secondary N) is 2. The summed E-state index contributed by atoms with van der Waals surface area (Å²) in [5, 5.41) is 5.70. The van der Waals surface area contributed by atoms with Gasteiger partial charge in [0, 0.05) is 13.1 Å². The Bertz CT molecular complexity index is 351. The number of carbonyl (C=O) groups excluding carboxylic acids is 1. The molecule has 16 heavy (non-hydrogen) atoms. The summed E-state index contributed by atoms with van der Waals surface area (Å²) in [5.41, 5.74) is 0.956. The Labute approximate surface area is 95.0 Å². The Morgan fingerprint density at radius 2 is 1.81 bits per heavy atom. The lowest BCUT2D eigenvalue weighted by Gasteiger charge is -2.19. The van der Waals surface area contributed by atoms with Crippen LogP contribution in [0, 0.1) is 5.82 Å². The Morgan fingerprint density at radius 3 is 2.31 bits per heavy atom. The fourth-order valence-electron chi connectivity index (χ4n) is 1.51. The third-order valence-corrected chi connectivity index (χ3v) is 2.51. The Kier molecular flexibility index (Phi) is 4.43. The van der Waals surface area contributed by atoms with Gasteiger partial charge in [-0.15, -0.1) is 0 Å². The predicted octanol–water partition coefficient (Wildman–Crippen LogP) is 1.61. The van der Waals surface area contributed by atoms with E-state index in [4.69, 9.17) is 0 Å². The van der Waals surface area contributed by atoms with Gasteiger partial charge in [0.15, 0.2) is 0 Å². The van der Waals surface area contributed by atoms with Crippen LogP contribution in [0.4, 0.5) is 4.39 Å². The van der Waals surface area contributed by atoms with Crippen LogP contribution in [-0.2, 0) is 4.79 Å². The summed E-state index contributed by atoms with van der Waals surface area (Å²) in [5.74, 6) is -0.315. The molecule has 2 N–H and O–H groups in total. The van der Waals surface area contributed by atoms with Crippen LogP contribution in [0.2, 0.25) is 0 Å². The molecule has 1 aromatic rings. The largest absolute Gasteiger partial charge is 0.358 e. The van der Waals surface area contributed by atoms with E-state index in [9.17, 15) is 9.18 Å². The lowest BCUT2D eigenvalue weighted by Crippen LogP contribution is -2.41. The van der Waals surface area contributed by atoms with Crippen LogP contribution in [0.1, 0.15) is 25.5 Å². The van der Waals surface area contributed by atoms with Gasteiger partial charge >= 0.3 is 0 Å². The minimum Gasteiger partial charge on any atom is -0.358 e. The average Bonchev–Trinajstić information content (AvgIpc) is 2.28. The van der Waals surface area contributed by atoms with E-state index < -0.39 is 0 Å². The highest BCUT2D eigenvalue weighted by atomic mass is 19.1. The zero-order valence-electron chi connectivity index (χ0n) is 9.75. The molecule has 0 fully saturated rings. The molecule has 1 aromatic carbocycles. The first-order valence-electron chi connectivity index (χ1n) is 5.27. The predicted molar refractivity (Wildman–Crippen MR) is 61.5 cm³/mol. The second-order valence-electron chi connectivity index (χ2n) is 3.78. The molecular weight excluding hydrogens is 207 g/mol. The van der Waals surface area contributed by atoms with Gasteiger partial charge in [-0.3, -0.25) is 10.1 Å². The molecule has 0 saturated carbocycles. The minimum absolute atomic E-state index is 0.00731. The maximum atomic E-state index is 12.7. The van der Waals surface area contributed by atoms with Crippen molar-refractivity contribution in [1.29, 1.82) is 0 Å². The summed E-state index contributed by atoms with van der Waals surface area (Å²) in [6, 6.07) is 5.99. The molecule has 88 valence electrons. The van der Waals surface area contributed by atoms with Crippen LogP contribution >= 0.6 is 0 Å². The van der Waals surface area contributed by atoms with E-state index in [2.05, 4.69) is 10.6 Å². The van der Waals surface area contributed by atoms with E-state index in [-0.39, 0.29) is 23.8 Å². The van der Waals surface area contributed by atoms with E-state index in [0.29, 0.717) is 0 Å². The number of carbonyl (C=O) groups is 1. The van der Waals surface area contributed by atoms with Crippen LogP contribution in [0.25, 0.3) is 0 Å². The summed E-state index contributed by atoms with van der Waals surface area (Å²) in [4.78, 5) is 11.3. The van der Waals surface area contributed by atoms with E-state index >= 15 is 0 Å². The molecule has 0 heterocycles. The van der Waals surface area contributed by atoms with E-state index in [1.807, 2.05) is 6.92 Å². The number of amides is 1. The molecule has 0 aliphatic carbocycles. The van der Waals surface area contributed by atoms with Crippen molar-refractivity contribution < 1.29 is 9.18 Å². The number of hydrogen-bond acceptors (Lipinski definition) is 2. The summed E-state index contributed by atoms with van der Waals surface area (Å²) >= 11 is 0. The number of benzene rings is 1. The first-order chi connectivity index (χ1) is 7.54. The third-order valence-electron chi connectivity index (χ3n) is 2.51. The summed E-state index contributed by atoms with van der Waals surface area (Å²) in [6.07, 6.45) is 0. The average molecular weight is 224 g/mol. The van der Waals surface area contributed by atoms with Gasteiger partial charge in [0.05, 0.1) is 6.04 Å². The van der Waals surface area contributed by atoms with Gasteiger partial charge in [-0.2, -0.15) is 0 Å². The molecule has 0 saturated heterocycles. The van der Waals surface area contributed by atoms with E-state index in [1.54, 1.807) is 26.1 Å². The SMILES string of the molecule is CNC(=O)C(C)NC(C)c1ccc(F)cc1. The second kappa shape index (κ2) is 5.61. The monoisotopic (exact) mass is 224 g/mol. The number of hydrogen-bond donors (Lipinski definition) is 2. The van der Waals surface area contributed by atoms with Crippen molar-refractivity contribution in [1.82, 2.24) is 10.6 Å². The van der Waals surface area contributed by atoms with Gasteiger partial charge in [0.2, 0.25) is 5.91 Å². The topological polar surface area (TPSA) is 41.1 Å². The van der Waals surface area contributed by atoms with E-state index in [1.165, 1.54) is 12.1 Å². The second-order valence-corrected chi connectivity index (χ2v) is 3.78. The lowest BCUT2D eigenvalue weighted by molar-refractivity contribution is -0.122. The molecule has 4 heteroatoms. The van der Waals surface area contributed by atoms with Crippen molar-refractivity contribution in [3.8, 4) is 0 Å². The standard InChI is InChI=1S/C12H17FN2O/c1-8(15-9(2)12(16)14-3)10-4-6-11(13)7-5-10/h4-9,15H,1-3H3,(H,14,16). The zero-order valence-corrected chi connectivity index (χ0v) is 9.75. The van der Waals surface area contributed by atoms with Crippen molar-refractivity contribution in [2.45, 2.75) is 25.9 Å². The fourth-order valence-corrected chi connectivity index (χ4v) is 1.51. The van der Waals surface area contributed by atoms with Crippen LogP contribution in [0.15, 0.2) is 24.3 Å². The molecule has 3 nitrogen and oxygen atoms in total. The first-order valence-corrected chi connectivity index (χ1v) is 5.27. The smallest absolute Gasteiger partial charge is 0.236 e. The highest BCUT2D eigenvalue weighted by Gasteiger charge is 2.14. The number of rotatable bonds is 4. The molecule has 2 unspecified atom stereocenters. The molecule has 0 aliphatic heterocycles. The number of likely N-dealkylation sites (N-methyl/N-ethyl adjacent to an activating group) is 1. The summed E-state index contributed by atoms with van der Waals surface area (Å²) in [7, 11) is 1.60. The molecule has 2 atom stereocenters. The van der Waals surface area contributed by atoms with Gasteiger partial charge in [-0.05, 0) is 31.5 Å². The molecule has 1 rings (SSSR count). The van der Waals surface area contributed by atoms with Gasteiger partial charge in [-0.1, -0.05) is 12.1 Å². The van der Waals surface area contributed by atoms with Crippen LogP contribution in [0.5, 0.6) is 0 Å². The quantitative estimate of drug-likeness (QED) is 0.815. The van der Waals surface area contributed by atoms with Crippen LogP contribution in [0.3, 0.4) is 0 Å². The van der Waals surface area contributed by atoms with Crippen molar-refractivity contribution in [2.75, 3.05) is 7.05 Å². The number of halogens is 1. The Balaban J connectivity index is 2.61. The zero-order chi connectivity index (χ0) is 12.1. The molecule has 0 aromatic heterocycles. The third kappa shape index (κ3) is 3.31. The molecule has 0 bridgehead atoms. The van der Waals surface area contributed by atoms with Crippen molar-refractivity contribution in [2.24, 2.45) is 0 Å². The van der Waals surface area contributed by atoms with Crippen molar-refractivity contribution in [3.63, 3.8) is 0 Å². The first kappa shape index (κ1) is 12.6. The molecular formula is C12H17FN2O. The molecule has 1 amide bonds. The highest BCUT2D eigenvalue weighted by molar-refractivity contribution is 5.80.